The molecular weight excluding hydrogens is 214 g/mol. The van der Waals surface area contributed by atoms with Crippen LogP contribution in [0, 0.1) is 5.92 Å². The Morgan fingerprint density at radius 2 is 2.00 bits per heavy atom. The van der Waals surface area contributed by atoms with Crippen LogP contribution in [0.25, 0.3) is 0 Å². The molecule has 0 amide bonds. The van der Waals surface area contributed by atoms with Crippen molar-refractivity contribution in [1.29, 1.82) is 0 Å². The molecular formula is C14H27NO2. The Balaban J connectivity index is 2.58. The summed E-state index contributed by atoms with van der Waals surface area (Å²) in [6.07, 6.45) is 1.87. The van der Waals surface area contributed by atoms with E-state index in [-0.39, 0.29) is 22.9 Å². The molecule has 1 aliphatic rings. The summed E-state index contributed by atoms with van der Waals surface area (Å²) in [6, 6.07) is 0.400. The molecule has 100 valence electrons. The van der Waals surface area contributed by atoms with Crippen molar-refractivity contribution in [2.24, 2.45) is 5.92 Å². The lowest BCUT2D eigenvalue weighted by molar-refractivity contribution is -0.128. The van der Waals surface area contributed by atoms with E-state index in [0.29, 0.717) is 12.6 Å². The number of rotatable bonds is 5. The number of nitrogens with one attached hydrogen (secondary N) is 1. The minimum Gasteiger partial charge on any atom is -0.369 e. The summed E-state index contributed by atoms with van der Waals surface area (Å²) < 4.78 is 5.95. The largest absolute Gasteiger partial charge is 0.369 e. The lowest BCUT2D eigenvalue weighted by Gasteiger charge is -2.27. The van der Waals surface area contributed by atoms with Crippen LogP contribution in [-0.4, -0.2) is 29.6 Å². The van der Waals surface area contributed by atoms with Crippen molar-refractivity contribution in [3.8, 4) is 0 Å². The first-order chi connectivity index (χ1) is 7.68. The number of Topliss-reactive ketones (excluding diaryl/α,β-unsaturated/α-hetero) is 1. The maximum absolute atomic E-state index is 12.2. The van der Waals surface area contributed by atoms with E-state index < -0.39 is 0 Å². The van der Waals surface area contributed by atoms with Gasteiger partial charge in [-0.3, -0.25) is 4.79 Å². The maximum atomic E-state index is 12.2. The number of carbonyl (C=O) groups excluding carboxylic acids is 1. The minimum atomic E-state index is -0.336. The van der Waals surface area contributed by atoms with Gasteiger partial charge >= 0.3 is 0 Å². The summed E-state index contributed by atoms with van der Waals surface area (Å²) in [5.74, 6) is 0.287. The van der Waals surface area contributed by atoms with Crippen LogP contribution in [-0.2, 0) is 9.53 Å². The van der Waals surface area contributed by atoms with E-state index in [1.807, 2.05) is 13.8 Å². The minimum absolute atomic E-state index is 0.00839. The van der Waals surface area contributed by atoms with E-state index in [2.05, 4.69) is 33.0 Å². The Morgan fingerprint density at radius 3 is 2.41 bits per heavy atom. The Kier molecular flexibility index (Phi) is 4.37. The van der Waals surface area contributed by atoms with E-state index >= 15 is 0 Å². The van der Waals surface area contributed by atoms with Crippen LogP contribution in [0.1, 0.15) is 54.4 Å². The molecule has 0 aromatic heterocycles. The van der Waals surface area contributed by atoms with Crippen molar-refractivity contribution in [2.45, 2.75) is 71.6 Å². The zero-order valence-electron chi connectivity index (χ0n) is 12.1. The standard InChI is InChI=1S/C14H27NO2/c1-7-10(2)15-9-12(16)11-8-13(3,4)17-14(11,5)6/h10-11,15H,7-9H2,1-6H3. The highest BCUT2D eigenvalue weighted by atomic mass is 16.5. The van der Waals surface area contributed by atoms with Crippen LogP contribution < -0.4 is 5.32 Å². The molecule has 1 heterocycles. The van der Waals surface area contributed by atoms with Gasteiger partial charge in [-0.05, 0) is 47.5 Å². The molecule has 1 fully saturated rings. The summed E-state index contributed by atoms with van der Waals surface area (Å²) in [6.45, 7) is 12.8. The van der Waals surface area contributed by atoms with Gasteiger partial charge in [-0.15, -0.1) is 0 Å². The Bertz CT molecular complexity index is 284. The van der Waals surface area contributed by atoms with Crippen LogP contribution in [0.2, 0.25) is 0 Å². The van der Waals surface area contributed by atoms with Crippen molar-refractivity contribution < 1.29 is 9.53 Å². The van der Waals surface area contributed by atoms with E-state index in [0.717, 1.165) is 12.8 Å². The van der Waals surface area contributed by atoms with Gasteiger partial charge in [0.1, 0.15) is 0 Å². The van der Waals surface area contributed by atoms with Crippen LogP contribution in [0.15, 0.2) is 0 Å². The zero-order valence-corrected chi connectivity index (χ0v) is 12.1. The molecule has 1 saturated heterocycles. The Morgan fingerprint density at radius 1 is 1.41 bits per heavy atom. The number of hydrogen-bond acceptors (Lipinski definition) is 3. The molecule has 1 N–H and O–H groups in total. The second kappa shape index (κ2) is 5.07. The molecule has 0 spiro atoms. The van der Waals surface area contributed by atoms with Gasteiger partial charge in [0, 0.05) is 6.04 Å². The number of ether oxygens (including phenoxy) is 1. The highest BCUT2D eigenvalue weighted by molar-refractivity contribution is 5.84. The maximum Gasteiger partial charge on any atom is 0.152 e. The molecule has 1 aliphatic heterocycles. The van der Waals surface area contributed by atoms with E-state index in [4.69, 9.17) is 4.74 Å². The fraction of sp³-hybridized carbons (Fsp3) is 0.929. The topological polar surface area (TPSA) is 38.3 Å². The number of carbonyl (C=O) groups is 1. The molecule has 0 aromatic carbocycles. The molecule has 17 heavy (non-hydrogen) atoms. The summed E-state index contributed by atoms with van der Waals surface area (Å²) in [5.41, 5.74) is -0.516. The lowest BCUT2D eigenvalue weighted by atomic mass is 9.84. The predicted molar refractivity (Wildman–Crippen MR) is 70.1 cm³/mol. The molecule has 0 bridgehead atoms. The first-order valence-corrected chi connectivity index (χ1v) is 6.64. The fourth-order valence-electron chi connectivity index (χ4n) is 2.61. The van der Waals surface area contributed by atoms with E-state index in [1.165, 1.54) is 0 Å². The SMILES string of the molecule is CCC(C)NCC(=O)C1CC(C)(C)OC1(C)C. The van der Waals surface area contributed by atoms with Gasteiger partial charge in [-0.1, -0.05) is 6.92 Å². The summed E-state index contributed by atoms with van der Waals surface area (Å²) >= 11 is 0. The molecule has 3 heteroatoms. The number of ketones is 1. The third-order valence-corrected chi connectivity index (χ3v) is 3.70. The Labute approximate surface area is 105 Å². The van der Waals surface area contributed by atoms with Gasteiger partial charge < -0.3 is 10.1 Å². The zero-order chi connectivity index (χ0) is 13.3. The van der Waals surface area contributed by atoms with Gasteiger partial charge in [-0.2, -0.15) is 0 Å². The predicted octanol–water partition coefficient (Wildman–Crippen LogP) is 2.54. The van der Waals surface area contributed by atoms with Crippen molar-refractivity contribution in [3.63, 3.8) is 0 Å². The molecule has 0 saturated carbocycles. The highest BCUT2D eigenvalue weighted by Crippen LogP contribution is 2.42. The van der Waals surface area contributed by atoms with Crippen LogP contribution in [0.5, 0.6) is 0 Å². The number of hydrogen-bond donors (Lipinski definition) is 1. The van der Waals surface area contributed by atoms with Crippen LogP contribution in [0.4, 0.5) is 0 Å². The van der Waals surface area contributed by atoms with Gasteiger partial charge in [-0.25, -0.2) is 0 Å². The van der Waals surface area contributed by atoms with E-state index in [9.17, 15) is 4.79 Å². The molecule has 1 rings (SSSR count). The van der Waals surface area contributed by atoms with Gasteiger partial charge in [0.2, 0.25) is 0 Å². The van der Waals surface area contributed by atoms with Gasteiger partial charge in [0.05, 0.1) is 23.7 Å². The highest BCUT2D eigenvalue weighted by Gasteiger charge is 2.48. The van der Waals surface area contributed by atoms with Gasteiger partial charge in [0.25, 0.3) is 0 Å². The fourth-order valence-corrected chi connectivity index (χ4v) is 2.61. The van der Waals surface area contributed by atoms with E-state index in [1.54, 1.807) is 0 Å². The quantitative estimate of drug-likeness (QED) is 0.804. The molecule has 2 atom stereocenters. The average Bonchev–Trinajstić information content (AvgIpc) is 2.42. The summed E-state index contributed by atoms with van der Waals surface area (Å²) in [4.78, 5) is 12.2. The van der Waals surface area contributed by atoms with Crippen molar-refractivity contribution in [1.82, 2.24) is 5.32 Å². The van der Waals surface area contributed by atoms with Crippen LogP contribution >= 0.6 is 0 Å². The molecule has 2 unspecified atom stereocenters. The third kappa shape index (κ3) is 3.78. The van der Waals surface area contributed by atoms with Crippen LogP contribution in [0.3, 0.4) is 0 Å². The molecule has 0 aliphatic carbocycles. The summed E-state index contributed by atoms with van der Waals surface area (Å²) in [5, 5.41) is 3.27. The average molecular weight is 241 g/mol. The first-order valence-electron chi connectivity index (χ1n) is 6.64. The first kappa shape index (κ1) is 14.7. The normalized spacial score (nSPS) is 28.0. The summed E-state index contributed by atoms with van der Waals surface area (Å²) in [7, 11) is 0. The monoisotopic (exact) mass is 241 g/mol. The smallest absolute Gasteiger partial charge is 0.152 e. The molecule has 3 nitrogen and oxygen atoms in total. The second-order valence-corrected chi connectivity index (χ2v) is 6.38. The molecule has 0 aromatic rings. The lowest BCUT2D eigenvalue weighted by Crippen LogP contribution is -2.40. The van der Waals surface area contributed by atoms with Crippen molar-refractivity contribution in [3.05, 3.63) is 0 Å². The second-order valence-electron chi connectivity index (χ2n) is 6.38. The molecule has 0 radical (unpaired) electrons. The van der Waals surface area contributed by atoms with Crippen molar-refractivity contribution >= 4 is 5.78 Å². The third-order valence-electron chi connectivity index (χ3n) is 3.70. The Hall–Kier alpha value is -0.410. The van der Waals surface area contributed by atoms with Crippen molar-refractivity contribution in [2.75, 3.05) is 6.54 Å². The van der Waals surface area contributed by atoms with Gasteiger partial charge in [0.15, 0.2) is 5.78 Å².